The molecule has 1 N–H and O–H groups in total. The van der Waals surface area contributed by atoms with Gasteiger partial charge in [0.15, 0.2) is 0 Å². The number of hydrogen-bond acceptors (Lipinski definition) is 3. The van der Waals surface area contributed by atoms with E-state index in [9.17, 15) is 4.39 Å². The maximum Gasteiger partial charge on any atom is 0.125 e. The van der Waals surface area contributed by atoms with Gasteiger partial charge in [0.25, 0.3) is 0 Å². The van der Waals surface area contributed by atoms with E-state index in [1.807, 2.05) is 6.07 Å². The van der Waals surface area contributed by atoms with Gasteiger partial charge in [0, 0.05) is 36.7 Å². The van der Waals surface area contributed by atoms with Crippen molar-refractivity contribution in [1.82, 2.24) is 5.32 Å². The fourth-order valence-corrected chi connectivity index (χ4v) is 3.16. The molecule has 1 aromatic heterocycles. The predicted molar refractivity (Wildman–Crippen MR) is 78.3 cm³/mol. The van der Waals surface area contributed by atoms with E-state index in [1.54, 1.807) is 23.5 Å². The van der Waals surface area contributed by atoms with Crippen molar-refractivity contribution in [3.63, 3.8) is 0 Å². The maximum atomic E-state index is 13.3. The Morgan fingerprint density at radius 3 is 3.11 bits per heavy atom. The molecule has 3 rings (SSSR count). The van der Waals surface area contributed by atoms with E-state index in [1.165, 1.54) is 10.4 Å². The largest absolute Gasteiger partial charge is 0.370 e. The summed E-state index contributed by atoms with van der Waals surface area (Å²) in [5, 5.41) is 5.53. The first-order valence-electron chi connectivity index (χ1n) is 6.59. The minimum Gasteiger partial charge on any atom is -0.370 e. The van der Waals surface area contributed by atoms with E-state index in [2.05, 4.69) is 27.7 Å². The van der Waals surface area contributed by atoms with Gasteiger partial charge in [-0.1, -0.05) is 12.1 Å². The molecule has 0 unspecified atom stereocenters. The Kier molecular flexibility index (Phi) is 3.80. The summed E-state index contributed by atoms with van der Waals surface area (Å²) < 4.78 is 13.3. The zero-order chi connectivity index (χ0) is 13.1. The van der Waals surface area contributed by atoms with Crippen LogP contribution in [0.1, 0.15) is 10.4 Å². The van der Waals surface area contributed by atoms with Crippen molar-refractivity contribution in [3.8, 4) is 0 Å². The number of hydrogen-bond donors (Lipinski definition) is 1. The zero-order valence-corrected chi connectivity index (χ0v) is 11.5. The van der Waals surface area contributed by atoms with E-state index in [-0.39, 0.29) is 5.82 Å². The number of fused-ring (bicyclic) bond motifs is 1. The highest BCUT2D eigenvalue weighted by Gasteiger charge is 2.18. The molecule has 19 heavy (non-hydrogen) atoms. The summed E-state index contributed by atoms with van der Waals surface area (Å²) in [6.07, 6.45) is 1.03. The molecule has 1 aromatic carbocycles. The van der Waals surface area contributed by atoms with E-state index in [0.29, 0.717) is 0 Å². The van der Waals surface area contributed by atoms with Gasteiger partial charge >= 0.3 is 0 Å². The molecule has 2 nitrogen and oxygen atoms in total. The van der Waals surface area contributed by atoms with Gasteiger partial charge in [0.2, 0.25) is 0 Å². The standard InChI is InChI=1S/C15H17FN2S/c16-13-4-3-12-5-7-18(15(12)10-13)8-6-17-11-14-2-1-9-19-14/h1-4,9-10,17H,5-8,11H2. The van der Waals surface area contributed by atoms with Gasteiger partial charge in [-0.05, 0) is 35.6 Å². The van der Waals surface area contributed by atoms with E-state index < -0.39 is 0 Å². The molecule has 100 valence electrons. The average Bonchev–Trinajstić information content (AvgIpc) is 3.04. The number of benzene rings is 1. The quantitative estimate of drug-likeness (QED) is 0.844. The second-order valence-corrected chi connectivity index (χ2v) is 5.80. The Morgan fingerprint density at radius 2 is 2.26 bits per heavy atom. The first kappa shape index (κ1) is 12.6. The summed E-state index contributed by atoms with van der Waals surface area (Å²) in [6, 6.07) is 9.32. The molecule has 0 atom stereocenters. The first-order valence-corrected chi connectivity index (χ1v) is 7.47. The number of anilines is 1. The molecule has 0 amide bonds. The Balaban J connectivity index is 1.51. The molecule has 2 aromatic rings. The van der Waals surface area contributed by atoms with Crippen LogP contribution in [0.4, 0.5) is 10.1 Å². The van der Waals surface area contributed by atoms with Crippen LogP contribution in [0.3, 0.4) is 0 Å². The van der Waals surface area contributed by atoms with E-state index in [4.69, 9.17) is 0 Å². The van der Waals surface area contributed by atoms with Crippen LogP contribution in [0.5, 0.6) is 0 Å². The number of thiophene rings is 1. The Morgan fingerprint density at radius 1 is 1.32 bits per heavy atom. The molecule has 0 spiro atoms. The van der Waals surface area contributed by atoms with Crippen molar-refractivity contribution >= 4 is 17.0 Å². The number of nitrogens with zero attached hydrogens (tertiary/aromatic N) is 1. The maximum absolute atomic E-state index is 13.3. The predicted octanol–water partition coefficient (Wildman–Crippen LogP) is 3.04. The Bertz CT molecular complexity index is 539. The van der Waals surface area contributed by atoms with E-state index in [0.717, 1.165) is 38.3 Å². The van der Waals surface area contributed by atoms with Gasteiger partial charge < -0.3 is 10.2 Å². The molecule has 0 fully saturated rings. The van der Waals surface area contributed by atoms with Crippen molar-refractivity contribution in [3.05, 3.63) is 52.0 Å². The van der Waals surface area contributed by atoms with Gasteiger partial charge in [0.1, 0.15) is 5.82 Å². The first-order chi connectivity index (χ1) is 9.33. The Hall–Kier alpha value is -1.39. The fraction of sp³-hybridized carbons (Fsp3) is 0.333. The van der Waals surface area contributed by atoms with Crippen molar-refractivity contribution in [2.75, 3.05) is 24.5 Å². The summed E-state index contributed by atoms with van der Waals surface area (Å²) in [5.41, 5.74) is 2.33. The highest BCUT2D eigenvalue weighted by atomic mass is 32.1. The normalized spacial score (nSPS) is 13.8. The summed E-state index contributed by atoms with van der Waals surface area (Å²) in [6.45, 7) is 3.77. The van der Waals surface area contributed by atoms with Gasteiger partial charge in [-0.3, -0.25) is 0 Å². The van der Waals surface area contributed by atoms with Gasteiger partial charge in [-0.2, -0.15) is 0 Å². The molecular formula is C15H17FN2S. The van der Waals surface area contributed by atoms with Gasteiger partial charge in [0.05, 0.1) is 0 Å². The minimum atomic E-state index is -0.141. The topological polar surface area (TPSA) is 15.3 Å². The molecule has 0 aliphatic carbocycles. The lowest BCUT2D eigenvalue weighted by atomic mass is 10.2. The van der Waals surface area contributed by atoms with Crippen LogP contribution >= 0.6 is 11.3 Å². The van der Waals surface area contributed by atoms with Crippen LogP contribution in [-0.2, 0) is 13.0 Å². The highest BCUT2D eigenvalue weighted by Crippen LogP contribution is 2.28. The minimum absolute atomic E-state index is 0.141. The number of nitrogens with one attached hydrogen (secondary N) is 1. The van der Waals surface area contributed by atoms with Crippen molar-refractivity contribution in [2.24, 2.45) is 0 Å². The smallest absolute Gasteiger partial charge is 0.125 e. The molecule has 2 heterocycles. The van der Waals surface area contributed by atoms with Crippen LogP contribution in [-0.4, -0.2) is 19.6 Å². The lowest BCUT2D eigenvalue weighted by Gasteiger charge is -2.19. The molecule has 0 radical (unpaired) electrons. The van der Waals surface area contributed by atoms with Crippen LogP contribution in [0.25, 0.3) is 0 Å². The lowest BCUT2D eigenvalue weighted by molar-refractivity contribution is 0.626. The number of rotatable bonds is 5. The molecular weight excluding hydrogens is 259 g/mol. The third-order valence-electron chi connectivity index (χ3n) is 3.48. The summed E-state index contributed by atoms with van der Waals surface area (Å²) in [7, 11) is 0. The van der Waals surface area contributed by atoms with Gasteiger partial charge in [-0.25, -0.2) is 4.39 Å². The van der Waals surface area contributed by atoms with Gasteiger partial charge in [-0.15, -0.1) is 11.3 Å². The van der Waals surface area contributed by atoms with Crippen LogP contribution in [0.15, 0.2) is 35.7 Å². The molecule has 1 aliphatic heterocycles. The monoisotopic (exact) mass is 276 g/mol. The zero-order valence-electron chi connectivity index (χ0n) is 10.7. The lowest BCUT2D eigenvalue weighted by Crippen LogP contribution is -2.30. The van der Waals surface area contributed by atoms with Crippen LogP contribution in [0, 0.1) is 5.82 Å². The van der Waals surface area contributed by atoms with Crippen molar-refractivity contribution in [2.45, 2.75) is 13.0 Å². The third kappa shape index (κ3) is 2.96. The van der Waals surface area contributed by atoms with Crippen LogP contribution in [0.2, 0.25) is 0 Å². The second-order valence-electron chi connectivity index (χ2n) is 4.77. The second kappa shape index (κ2) is 5.72. The summed E-state index contributed by atoms with van der Waals surface area (Å²) >= 11 is 1.77. The molecule has 4 heteroatoms. The van der Waals surface area contributed by atoms with Crippen molar-refractivity contribution < 1.29 is 4.39 Å². The summed E-state index contributed by atoms with van der Waals surface area (Å²) in [4.78, 5) is 3.62. The average molecular weight is 276 g/mol. The molecule has 0 saturated carbocycles. The number of halogens is 1. The van der Waals surface area contributed by atoms with E-state index >= 15 is 0 Å². The molecule has 1 aliphatic rings. The van der Waals surface area contributed by atoms with Crippen LogP contribution < -0.4 is 10.2 Å². The molecule has 0 bridgehead atoms. The highest BCUT2D eigenvalue weighted by molar-refractivity contribution is 7.09. The fourth-order valence-electron chi connectivity index (χ4n) is 2.49. The molecule has 0 saturated heterocycles. The summed E-state index contributed by atoms with van der Waals surface area (Å²) in [5.74, 6) is -0.141. The SMILES string of the molecule is Fc1ccc2c(c1)N(CCNCc1cccs1)CC2. The van der Waals surface area contributed by atoms with Crippen molar-refractivity contribution in [1.29, 1.82) is 0 Å². The Labute approximate surface area is 116 Å². The third-order valence-corrected chi connectivity index (χ3v) is 4.35.